The first-order chi connectivity index (χ1) is 6.73. The molecule has 0 fully saturated rings. The van der Waals surface area contributed by atoms with E-state index in [1.54, 1.807) is 20.8 Å². The number of carboxylic acid groups (broad SMARTS) is 1. The number of aliphatic carboxylic acids is 1. The molecule has 0 spiro atoms. The van der Waals surface area contributed by atoms with Crippen molar-refractivity contribution in [1.29, 1.82) is 0 Å². The zero-order valence-electron chi connectivity index (χ0n) is 9.29. The minimum atomic E-state index is -1.02. The molecule has 0 radical (unpaired) electrons. The third-order valence-corrected chi connectivity index (χ3v) is 1.85. The summed E-state index contributed by atoms with van der Waals surface area (Å²) in [6.45, 7) is 5.25. The fourth-order valence-corrected chi connectivity index (χ4v) is 0.753. The first kappa shape index (κ1) is 13.6. The summed E-state index contributed by atoms with van der Waals surface area (Å²) >= 11 is 0. The van der Waals surface area contributed by atoms with Crippen LogP contribution in [-0.2, 0) is 14.4 Å². The van der Waals surface area contributed by atoms with Gasteiger partial charge >= 0.3 is 5.97 Å². The Kier molecular flexibility index (Phi) is 4.97. The molecule has 1 amide bonds. The van der Waals surface area contributed by atoms with Crippen molar-refractivity contribution in [3.8, 4) is 0 Å². The normalized spacial score (nSPS) is 10.9. The van der Waals surface area contributed by atoms with Crippen LogP contribution in [0.3, 0.4) is 0 Å². The number of Topliss-reactive ketones (excluding diaryl/α,β-unsaturated/α-hetero) is 1. The van der Waals surface area contributed by atoms with Crippen LogP contribution in [0.2, 0.25) is 0 Å². The minimum absolute atomic E-state index is 0.0397. The average molecular weight is 215 g/mol. The van der Waals surface area contributed by atoms with Crippen LogP contribution in [-0.4, -0.2) is 29.3 Å². The summed E-state index contributed by atoms with van der Waals surface area (Å²) in [5, 5.41) is 10.7. The Labute approximate surface area is 88.9 Å². The van der Waals surface area contributed by atoms with Crippen molar-refractivity contribution in [1.82, 2.24) is 5.32 Å². The van der Waals surface area contributed by atoms with Gasteiger partial charge in [-0.05, 0) is 0 Å². The first-order valence-electron chi connectivity index (χ1n) is 4.75. The summed E-state index contributed by atoms with van der Waals surface area (Å²) in [5.74, 6) is -1.51. The summed E-state index contributed by atoms with van der Waals surface area (Å²) in [7, 11) is 0. The maximum atomic E-state index is 11.4. The van der Waals surface area contributed by atoms with Gasteiger partial charge in [-0.3, -0.25) is 14.4 Å². The number of carbonyl (C=O) groups is 3. The highest BCUT2D eigenvalue weighted by Crippen LogP contribution is 2.13. The zero-order valence-corrected chi connectivity index (χ0v) is 9.29. The van der Waals surface area contributed by atoms with Crippen molar-refractivity contribution < 1.29 is 19.5 Å². The Morgan fingerprint density at radius 3 is 2.07 bits per heavy atom. The molecule has 0 bridgehead atoms. The molecule has 0 heterocycles. The van der Waals surface area contributed by atoms with E-state index in [0.717, 1.165) is 0 Å². The molecule has 0 rings (SSSR count). The SMILES string of the molecule is CC(C)(C)C(=O)CNC(=O)CCC(=O)O. The molecule has 0 saturated carbocycles. The van der Waals surface area contributed by atoms with E-state index in [9.17, 15) is 14.4 Å². The van der Waals surface area contributed by atoms with Gasteiger partial charge in [-0.25, -0.2) is 0 Å². The molecule has 0 saturated heterocycles. The highest BCUT2D eigenvalue weighted by molar-refractivity contribution is 5.89. The molecule has 0 unspecified atom stereocenters. The molecular formula is C10H17NO4. The van der Waals surface area contributed by atoms with Gasteiger partial charge in [0.2, 0.25) is 5.91 Å². The van der Waals surface area contributed by atoms with Crippen LogP contribution in [0.1, 0.15) is 33.6 Å². The van der Waals surface area contributed by atoms with Gasteiger partial charge in [-0.1, -0.05) is 20.8 Å². The molecule has 0 aliphatic heterocycles. The molecular weight excluding hydrogens is 198 g/mol. The van der Waals surface area contributed by atoms with E-state index in [1.807, 2.05) is 0 Å². The number of hydrogen-bond acceptors (Lipinski definition) is 3. The number of carboxylic acids is 1. The monoisotopic (exact) mass is 215 g/mol. The standard InChI is InChI=1S/C10H17NO4/c1-10(2,3)7(12)6-11-8(13)4-5-9(14)15/h4-6H2,1-3H3,(H,11,13)(H,14,15). The van der Waals surface area contributed by atoms with Crippen molar-refractivity contribution >= 4 is 17.7 Å². The topological polar surface area (TPSA) is 83.5 Å². The average Bonchev–Trinajstić information content (AvgIpc) is 2.09. The van der Waals surface area contributed by atoms with Gasteiger partial charge in [-0.2, -0.15) is 0 Å². The number of ketones is 1. The molecule has 2 N–H and O–H groups in total. The predicted molar refractivity (Wildman–Crippen MR) is 54.3 cm³/mol. The second-order valence-electron chi connectivity index (χ2n) is 4.34. The Hall–Kier alpha value is -1.39. The van der Waals surface area contributed by atoms with E-state index in [0.29, 0.717) is 0 Å². The predicted octanol–water partition coefficient (Wildman–Crippen LogP) is 0.583. The number of rotatable bonds is 5. The van der Waals surface area contributed by atoms with E-state index >= 15 is 0 Å². The highest BCUT2D eigenvalue weighted by Gasteiger charge is 2.21. The maximum absolute atomic E-state index is 11.4. The van der Waals surface area contributed by atoms with Gasteiger partial charge in [0.1, 0.15) is 0 Å². The van der Waals surface area contributed by atoms with Crippen molar-refractivity contribution in [2.24, 2.45) is 5.41 Å². The van der Waals surface area contributed by atoms with Crippen molar-refractivity contribution in [2.45, 2.75) is 33.6 Å². The fraction of sp³-hybridized carbons (Fsp3) is 0.700. The maximum Gasteiger partial charge on any atom is 0.303 e. The minimum Gasteiger partial charge on any atom is -0.481 e. The van der Waals surface area contributed by atoms with Crippen molar-refractivity contribution in [2.75, 3.05) is 6.54 Å². The number of nitrogens with one attached hydrogen (secondary N) is 1. The molecule has 0 aliphatic rings. The molecule has 0 aliphatic carbocycles. The quantitative estimate of drug-likeness (QED) is 0.702. The summed E-state index contributed by atoms with van der Waals surface area (Å²) in [4.78, 5) is 32.6. The molecule has 15 heavy (non-hydrogen) atoms. The molecule has 0 aromatic carbocycles. The largest absolute Gasteiger partial charge is 0.481 e. The summed E-state index contributed by atoms with van der Waals surface area (Å²) in [6, 6.07) is 0. The summed E-state index contributed by atoms with van der Waals surface area (Å²) < 4.78 is 0. The van der Waals surface area contributed by atoms with Crippen LogP contribution in [0.5, 0.6) is 0 Å². The summed E-state index contributed by atoms with van der Waals surface area (Å²) in [5.41, 5.74) is -0.486. The molecule has 0 aromatic rings. The third kappa shape index (κ3) is 6.65. The summed E-state index contributed by atoms with van der Waals surface area (Å²) in [6.07, 6.45) is -0.303. The van der Waals surface area contributed by atoms with Gasteiger partial charge in [0.15, 0.2) is 5.78 Å². The first-order valence-corrected chi connectivity index (χ1v) is 4.75. The second kappa shape index (κ2) is 5.48. The number of amides is 1. The molecule has 5 heteroatoms. The smallest absolute Gasteiger partial charge is 0.303 e. The van der Waals surface area contributed by atoms with Gasteiger partial charge in [0.05, 0.1) is 13.0 Å². The Bertz CT molecular complexity index is 265. The molecule has 86 valence electrons. The van der Waals surface area contributed by atoms with Crippen LogP contribution in [0, 0.1) is 5.41 Å². The van der Waals surface area contributed by atoms with E-state index in [1.165, 1.54) is 0 Å². The van der Waals surface area contributed by atoms with Gasteiger partial charge in [0, 0.05) is 11.8 Å². The van der Waals surface area contributed by atoms with Crippen LogP contribution in [0.15, 0.2) is 0 Å². The zero-order chi connectivity index (χ0) is 12.1. The van der Waals surface area contributed by atoms with E-state index in [2.05, 4.69) is 5.32 Å². The van der Waals surface area contributed by atoms with Crippen molar-refractivity contribution in [3.05, 3.63) is 0 Å². The van der Waals surface area contributed by atoms with Gasteiger partial charge in [-0.15, -0.1) is 0 Å². The van der Waals surface area contributed by atoms with Crippen LogP contribution in [0.25, 0.3) is 0 Å². The fourth-order valence-electron chi connectivity index (χ4n) is 0.753. The lowest BCUT2D eigenvalue weighted by Gasteiger charge is -2.16. The lowest BCUT2D eigenvalue weighted by atomic mass is 9.91. The Morgan fingerprint density at radius 2 is 1.67 bits per heavy atom. The molecule has 0 atom stereocenters. The number of hydrogen-bond donors (Lipinski definition) is 2. The van der Waals surface area contributed by atoms with E-state index in [-0.39, 0.29) is 25.2 Å². The second-order valence-corrected chi connectivity index (χ2v) is 4.34. The van der Waals surface area contributed by atoms with Gasteiger partial charge < -0.3 is 10.4 Å². The van der Waals surface area contributed by atoms with Gasteiger partial charge in [0.25, 0.3) is 0 Å². The lowest BCUT2D eigenvalue weighted by Crippen LogP contribution is -2.35. The molecule has 0 aromatic heterocycles. The van der Waals surface area contributed by atoms with Crippen LogP contribution >= 0.6 is 0 Å². The third-order valence-electron chi connectivity index (χ3n) is 1.85. The molecule has 5 nitrogen and oxygen atoms in total. The van der Waals surface area contributed by atoms with Crippen LogP contribution in [0.4, 0.5) is 0 Å². The number of carbonyl (C=O) groups excluding carboxylic acids is 2. The highest BCUT2D eigenvalue weighted by atomic mass is 16.4. The van der Waals surface area contributed by atoms with E-state index < -0.39 is 17.3 Å². The van der Waals surface area contributed by atoms with Crippen molar-refractivity contribution in [3.63, 3.8) is 0 Å². The van der Waals surface area contributed by atoms with E-state index in [4.69, 9.17) is 5.11 Å². The Balaban J connectivity index is 3.82. The lowest BCUT2D eigenvalue weighted by molar-refractivity contribution is -0.138. The Morgan fingerprint density at radius 1 is 1.13 bits per heavy atom. The van der Waals surface area contributed by atoms with Crippen LogP contribution < -0.4 is 5.32 Å².